The first-order valence-corrected chi connectivity index (χ1v) is 11.8. The summed E-state index contributed by atoms with van der Waals surface area (Å²) in [7, 11) is 0. The number of carbonyl (C=O) groups excluding carboxylic acids is 2. The van der Waals surface area contributed by atoms with Crippen LogP contribution in [0.25, 0.3) is 0 Å². The van der Waals surface area contributed by atoms with E-state index in [2.05, 4.69) is 31.4 Å². The fourth-order valence-corrected chi connectivity index (χ4v) is 4.48. The molecule has 1 aliphatic heterocycles. The van der Waals surface area contributed by atoms with Crippen LogP contribution in [-0.2, 0) is 9.59 Å². The Morgan fingerprint density at radius 1 is 1.00 bits per heavy atom. The van der Waals surface area contributed by atoms with Crippen molar-refractivity contribution in [2.24, 2.45) is 10.2 Å². The Bertz CT molecular complexity index is 1250. The van der Waals surface area contributed by atoms with Crippen LogP contribution in [-0.4, -0.2) is 38.7 Å². The van der Waals surface area contributed by atoms with Crippen molar-refractivity contribution in [3.05, 3.63) is 82.8 Å². The van der Waals surface area contributed by atoms with Crippen LogP contribution in [0.1, 0.15) is 12.0 Å². The van der Waals surface area contributed by atoms with E-state index in [9.17, 15) is 19.8 Å². The average Bonchev–Trinajstić information content (AvgIpc) is 3.12. The third kappa shape index (κ3) is 5.83. The lowest BCUT2D eigenvalue weighted by atomic mass is 10.2. The molecule has 1 aliphatic rings. The number of amidine groups is 1. The van der Waals surface area contributed by atoms with Gasteiger partial charge in [0.2, 0.25) is 11.8 Å². The van der Waals surface area contributed by atoms with Crippen molar-refractivity contribution < 1.29 is 19.8 Å². The monoisotopic (exact) mass is 538 g/mol. The molecule has 0 spiro atoms. The molecule has 0 radical (unpaired) electrons. The average molecular weight is 539 g/mol. The van der Waals surface area contributed by atoms with Gasteiger partial charge in [0.15, 0.2) is 5.17 Å². The molecular formula is C24H19BrN4O4S. The van der Waals surface area contributed by atoms with Gasteiger partial charge in [0.25, 0.3) is 0 Å². The summed E-state index contributed by atoms with van der Waals surface area (Å²) in [6.07, 6.45) is 1.45. The molecule has 4 rings (SSSR count). The number of benzene rings is 3. The molecule has 1 unspecified atom stereocenters. The topological polar surface area (TPSA) is 115 Å². The fraction of sp³-hybridized carbons (Fsp3) is 0.0833. The Balaban J connectivity index is 1.53. The molecule has 3 aromatic rings. The lowest BCUT2D eigenvalue weighted by Gasteiger charge is -2.16. The second kappa shape index (κ2) is 10.5. The Morgan fingerprint density at radius 2 is 1.62 bits per heavy atom. The summed E-state index contributed by atoms with van der Waals surface area (Å²) in [4.78, 5) is 27.2. The number of halogens is 1. The number of hydrogen-bond donors (Lipinski definition) is 3. The van der Waals surface area contributed by atoms with Gasteiger partial charge in [0, 0.05) is 16.6 Å². The van der Waals surface area contributed by atoms with Crippen LogP contribution >= 0.6 is 27.7 Å². The van der Waals surface area contributed by atoms with Crippen LogP contribution in [0, 0.1) is 0 Å². The number of phenols is 2. The van der Waals surface area contributed by atoms with Gasteiger partial charge in [-0.1, -0.05) is 27.7 Å². The van der Waals surface area contributed by atoms with Crippen molar-refractivity contribution in [2.75, 3.05) is 10.2 Å². The number of aromatic hydroxyl groups is 2. The molecule has 1 heterocycles. The van der Waals surface area contributed by atoms with Crippen molar-refractivity contribution in [2.45, 2.75) is 11.7 Å². The third-order valence-electron chi connectivity index (χ3n) is 4.78. The molecule has 8 nitrogen and oxygen atoms in total. The minimum atomic E-state index is -0.688. The van der Waals surface area contributed by atoms with E-state index in [0.717, 1.165) is 21.8 Å². The van der Waals surface area contributed by atoms with Crippen LogP contribution in [0.2, 0.25) is 0 Å². The van der Waals surface area contributed by atoms with Crippen LogP contribution in [0.15, 0.2) is 87.5 Å². The first-order chi connectivity index (χ1) is 16.4. The quantitative estimate of drug-likeness (QED) is 0.310. The third-order valence-corrected chi connectivity index (χ3v) is 6.44. The molecule has 3 N–H and O–H groups in total. The van der Waals surface area contributed by atoms with E-state index < -0.39 is 5.25 Å². The molecular weight excluding hydrogens is 520 g/mol. The maximum Gasteiger partial charge on any atom is 0.247 e. The standard InChI is InChI=1S/C24H19BrN4O4S/c25-16-3-5-17(6-4-16)27-22(32)13-21-23(33)29(18-7-11-20(31)12-8-18)24(34-21)28-26-14-15-1-9-19(30)10-2-15/h1-12,14,21,30-31H,13H2,(H,27,32)/b26-14+,28-24?. The number of nitrogens with one attached hydrogen (secondary N) is 1. The number of rotatable bonds is 6. The minimum absolute atomic E-state index is 0.0468. The number of phenolic OH excluding ortho intramolecular Hbond substituents is 2. The Kier molecular flexibility index (Phi) is 7.29. The minimum Gasteiger partial charge on any atom is -0.508 e. The van der Waals surface area contributed by atoms with E-state index in [4.69, 9.17) is 0 Å². The summed E-state index contributed by atoms with van der Waals surface area (Å²) in [5.41, 5.74) is 1.86. The lowest BCUT2D eigenvalue weighted by molar-refractivity contribution is -0.121. The number of carbonyl (C=O) groups is 2. The van der Waals surface area contributed by atoms with E-state index in [1.54, 1.807) is 36.4 Å². The van der Waals surface area contributed by atoms with Gasteiger partial charge in [-0.15, -0.1) is 5.10 Å². The summed E-state index contributed by atoms with van der Waals surface area (Å²) >= 11 is 4.50. The van der Waals surface area contributed by atoms with Gasteiger partial charge in [-0.25, -0.2) is 0 Å². The van der Waals surface area contributed by atoms with Crippen molar-refractivity contribution in [3.63, 3.8) is 0 Å². The highest BCUT2D eigenvalue weighted by Crippen LogP contribution is 2.34. The SMILES string of the molecule is O=C(CC1SC(=N/N=C/c2ccc(O)cc2)N(c2ccc(O)cc2)C1=O)Nc1ccc(Br)cc1. The first-order valence-electron chi connectivity index (χ1n) is 10.1. The van der Waals surface area contributed by atoms with Crippen molar-refractivity contribution >= 4 is 62.3 Å². The summed E-state index contributed by atoms with van der Waals surface area (Å²) in [6.45, 7) is 0. The van der Waals surface area contributed by atoms with E-state index in [1.165, 1.54) is 35.4 Å². The van der Waals surface area contributed by atoms with Gasteiger partial charge in [0.1, 0.15) is 16.7 Å². The number of nitrogens with zero attached hydrogens (tertiary/aromatic N) is 3. The fourth-order valence-electron chi connectivity index (χ4n) is 3.12. The predicted molar refractivity (Wildman–Crippen MR) is 137 cm³/mol. The zero-order valence-corrected chi connectivity index (χ0v) is 20.0. The molecule has 1 atom stereocenters. The Morgan fingerprint density at radius 3 is 2.26 bits per heavy atom. The van der Waals surface area contributed by atoms with Crippen LogP contribution in [0.5, 0.6) is 11.5 Å². The molecule has 172 valence electrons. The molecule has 10 heteroatoms. The smallest absolute Gasteiger partial charge is 0.247 e. The van der Waals surface area contributed by atoms with Gasteiger partial charge in [-0.3, -0.25) is 14.5 Å². The van der Waals surface area contributed by atoms with E-state index in [-0.39, 0.29) is 29.7 Å². The summed E-state index contributed by atoms with van der Waals surface area (Å²) in [5, 5.41) is 29.7. The highest BCUT2D eigenvalue weighted by atomic mass is 79.9. The maximum absolute atomic E-state index is 13.2. The number of anilines is 2. The molecule has 0 aromatic heterocycles. The zero-order valence-electron chi connectivity index (χ0n) is 17.6. The summed E-state index contributed by atoms with van der Waals surface area (Å²) in [5.74, 6) is -0.395. The number of hydrogen-bond acceptors (Lipinski definition) is 7. The number of thioether (sulfide) groups is 1. The van der Waals surface area contributed by atoms with Gasteiger partial charge in [-0.2, -0.15) is 5.10 Å². The molecule has 3 aromatic carbocycles. The first kappa shape index (κ1) is 23.5. The molecule has 0 saturated carbocycles. The summed E-state index contributed by atoms with van der Waals surface area (Å²) in [6, 6.07) is 19.7. The molecule has 34 heavy (non-hydrogen) atoms. The summed E-state index contributed by atoms with van der Waals surface area (Å²) < 4.78 is 0.894. The van der Waals surface area contributed by atoms with Gasteiger partial charge in [-0.05, 0) is 78.4 Å². The Labute approximate surface area is 208 Å². The molecule has 0 aliphatic carbocycles. The van der Waals surface area contributed by atoms with Crippen LogP contribution in [0.3, 0.4) is 0 Å². The molecule has 1 saturated heterocycles. The number of amides is 2. The van der Waals surface area contributed by atoms with Gasteiger partial charge >= 0.3 is 0 Å². The molecule has 0 bridgehead atoms. The van der Waals surface area contributed by atoms with Gasteiger partial charge in [0.05, 0.1) is 11.9 Å². The lowest BCUT2D eigenvalue weighted by Crippen LogP contribution is -2.33. The van der Waals surface area contributed by atoms with Crippen molar-refractivity contribution in [1.29, 1.82) is 0 Å². The highest BCUT2D eigenvalue weighted by molar-refractivity contribution is 9.10. The van der Waals surface area contributed by atoms with Crippen molar-refractivity contribution in [3.8, 4) is 11.5 Å². The van der Waals surface area contributed by atoms with E-state index in [1.807, 2.05) is 12.1 Å². The normalized spacial score (nSPS) is 17.0. The zero-order chi connectivity index (χ0) is 24.1. The molecule has 1 fully saturated rings. The highest BCUT2D eigenvalue weighted by Gasteiger charge is 2.40. The molecule has 2 amide bonds. The van der Waals surface area contributed by atoms with Crippen LogP contribution < -0.4 is 10.2 Å². The van der Waals surface area contributed by atoms with Crippen molar-refractivity contribution in [1.82, 2.24) is 0 Å². The maximum atomic E-state index is 13.2. The van der Waals surface area contributed by atoms with Crippen LogP contribution in [0.4, 0.5) is 11.4 Å². The van der Waals surface area contributed by atoms with Gasteiger partial charge < -0.3 is 15.5 Å². The van der Waals surface area contributed by atoms with E-state index >= 15 is 0 Å². The second-order valence-electron chi connectivity index (χ2n) is 7.27. The largest absolute Gasteiger partial charge is 0.508 e. The second-order valence-corrected chi connectivity index (χ2v) is 9.36. The van der Waals surface area contributed by atoms with E-state index in [0.29, 0.717) is 16.5 Å². The Hall–Kier alpha value is -3.63. The predicted octanol–water partition coefficient (Wildman–Crippen LogP) is 4.73.